The summed E-state index contributed by atoms with van der Waals surface area (Å²) in [5.74, 6) is 0.538. The predicted octanol–water partition coefficient (Wildman–Crippen LogP) is 5.08. The lowest BCUT2D eigenvalue weighted by Gasteiger charge is -2.09. The lowest BCUT2D eigenvalue weighted by molar-refractivity contribution is 0.102. The highest BCUT2D eigenvalue weighted by Gasteiger charge is 2.16. The number of phenolic OH excluding ortho intramolecular Hbond substituents is 1. The second kappa shape index (κ2) is 7.80. The summed E-state index contributed by atoms with van der Waals surface area (Å²) in [6, 6.07) is 9.16. The molecule has 0 fully saturated rings. The maximum atomic E-state index is 12.6. The van der Waals surface area contributed by atoms with Crippen molar-refractivity contribution in [1.82, 2.24) is 0 Å². The van der Waals surface area contributed by atoms with Gasteiger partial charge in [-0.1, -0.05) is 6.08 Å². The number of ketones is 1. The van der Waals surface area contributed by atoms with E-state index in [0.29, 0.717) is 16.9 Å². The van der Waals surface area contributed by atoms with Gasteiger partial charge in [-0.05, 0) is 55.2 Å². The molecule has 0 radical (unpaired) electrons. The van der Waals surface area contributed by atoms with E-state index in [1.165, 1.54) is 20.3 Å². The molecule has 140 valence electrons. The molecule has 0 aliphatic rings. The average Bonchev–Trinajstić information content (AvgIpc) is 3.02. The number of carbonyl (C=O) groups is 1. The van der Waals surface area contributed by atoms with Gasteiger partial charge in [0, 0.05) is 15.8 Å². The fourth-order valence-electron chi connectivity index (χ4n) is 2.83. The van der Waals surface area contributed by atoms with Crippen molar-refractivity contribution >= 4 is 34.6 Å². The maximum absolute atomic E-state index is 12.6. The quantitative estimate of drug-likeness (QED) is 0.363. The number of benzene rings is 2. The van der Waals surface area contributed by atoms with E-state index in [1.807, 2.05) is 31.4 Å². The first-order chi connectivity index (χ1) is 13.0. The van der Waals surface area contributed by atoms with Crippen LogP contribution in [0.1, 0.15) is 21.7 Å². The Bertz CT molecular complexity index is 1010. The van der Waals surface area contributed by atoms with Gasteiger partial charge in [-0.25, -0.2) is 0 Å². The Labute approximate surface area is 161 Å². The van der Waals surface area contributed by atoms with Crippen molar-refractivity contribution in [3.63, 3.8) is 0 Å². The Kier molecular flexibility index (Phi) is 5.46. The third-order valence-electron chi connectivity index (χ3n) is 4.30. The average molecular weight is 384 g/mol. The smallest absolute Gasteiger partial charge is 0.221 e. The molecule has 5 nitrogen and oxygen atoms in total. The Hall–Kier alpha value is -2.86. The zero-order chi connectivity index (χ0) is 19.6. The molecule has 0 amide bonds. The fourth-order valence-corrected chi connectivity index (χ4v) is 3.25. The summed E-state index contributed by atoms with van der Waals surface area (Å²) in [7, 11) is 2.90. The van der Waals surface area contributed by atoms with Crippen LogP contribution in [0.4, 0.5) is 0 Å². The van der Waals surface area contributed by atoms with Gasteiger partial charge in [0.2, 0.25) is 11.5 Å². The molecule has 0 atom stereocenters. The third-order valence-corrected chi connectivity index (χ3v) is 5.02. The first-order valence-electron chi connectivity index (χ1n) is 8.23. The monoisotopic (exact) mass is 384 g/mol. The van der Waals surface area contributed by atoms with Crippen molar-refractivity contribution in [2.75, 3.05) is 20.5 Å². The largest absolute Gasteiger partial charge is 0.502 e. The first kappa shape index (κ1) is 18.9. The van der Waals surface area contributed by atoms with Crippen LogP contribution in [0.5, 0.6) is 17.2 Å². The number of phenols is 1. The number of thioether (sulfide) groups is 1. The van der Waals surface area contributed by atoms with Crippen LogP contribution in [-0.2, 0) is 0 Å². The molecule has 0 bridgehead atoms. The van der Waals surface area contributed by atoms with E-state index in [2.05, 4.69) is 0 Å². The van der Waals surface area contributed by atoms with E-state index in [1.54, 1.807) is 30.0 Å². The van der Waals surface area contributed by atoms with Crippen molar-refractivity contribution in [2.45, 2.75) is 11.8 Å². The molecule has 3 aromatic rings. The number of methoxy groups -OCH3 is 2. The van der Waals surface area contributed by atoms with Gasteiger partial charge in [0.25, 0.3) is 0 Å². The van der Waals surface area contributed by atoms with Gasteiger partial charge in [0.05, 0.1) is 14.2 Å². The van der Waals surface area contributed by atoms with Crippen LogP contribution in [0.2, 0.25) is 0 Å². The van der Waals surface area contributed by atoms with Crippen LogP contribution < -0.4 is 9.47 Å². The Morgan fingerprint density at radius 1 is 1.15 bits per heavy atom. The molecule has 6 heteroatoms. The van der Waals surface area contributed by atoms with Crippen LogP contribution >= 0.6 is 11.8 Å². The molecular weight excluding hydrogens is 364 g/mol. The SMILES string of the molecule is COc1cc(/C=C/C(=O)c2oc3cc(SC)ccc3c2C)cc(OC)c1O. The standard InChI is InChI=1S/C21H20O5S/c1-12-15-7-6-14(27-4)11-17(15)26-21(12)16(22)8-5-13-9-18(24-2)20(23)19(10-13)25-3/h5-11,23H,1-4H3/b8-5+. The summed E-state index contributed by atoms with van der Waals surface area (Å²) < 4.78 is 16.1. The number of fused-ring (bicyclic) bond motifs is 1. The lowest BCUT2D eigenvalue weighted by Crippen LogP contribution is -1.94. The molecule has 0 unspecified atom stereocenters. The van der Waals surface area contributed by atoms with E-state index in [9.17, 15) is 9.90 Å². The molecule has 27 heavy (non-hydrogen) atoms. The number of allylic oxidation sites excluding steroid dienone is 1. The van der Waals surface area contributed by atoms with Gasteiger partial charge in [0.1, 0.15) is 5.58 Å². The predicted molar refractivity (Wildman–Crippen MR) is 107 cm³/mol. The van der Waals surface area contributed by atoms with Crippen molar-refractivity contribution in [3.05, 3.63) is 53.3 Å². The zero-order valence-electron chi connectivity index (χ0n) is 15.5. The Morgan fingerprint density at radius 2 is 1.81 bits per heavy atom. The highest BCUT2D eigenvalue weighted by Crippen LogP contribution is 2.37. The van der Waals surface area contributed by atoms with E-state index < -0.39 is 0 Å². The summed E-state index contributed by atoms with van der Waals surface area (Å²) >= 11 is 1.62. The van der Waals surface area contributed by atoms with Gasteiger partial charge in [-0.15, -0.1) is 11.8 Å². The summed E-state index contributed by atoms with van der Waals surface area (Å²) in [5, 5.41) is 10.9. The van der Waals surface area contributed by atoms with Gasteiger partial charge >= 0.3 is 0 Å². The number of ether oxygens (including phenoxy) is 2. The van der Waals surface area contributed by atoms with Gasteiger partial charge in [0.15, 0.2) is 17.3 Å². The minimum Gasteiger partial charge on any atom is -0.502 e. The molecule has 0 aliphatic carbocycles. The molecular formula is C21H20O5S. The van der Waals surface area contributed by atoms with Gasteiger partial charge in [-0.2, -0.15) is 0 Å². The van der Waals surface area contributed by atoms with Crippen molar-refractivity contribution in [2.24, 2.45) is 0 Å². The van der Waals surface area contributed by atoms with Crippen LogP contribution in [0.3, 0.4) is 0 Å². The second-order valence-electron chi connectivity index (χ2n) is 5.89. The molecule has 0 aliphatic heterocycles. The second-order valence-corrected chi connectivity index (χ2v) is 6.77. The Balaban J connectivity index is 1.93. The summed E-state index contributed by atoms with van der Waals surface area (Å²) in [4.78, 5) is 13.7. The number of rotatable bonds is 6. The highest BCUT2D eigenvalue weighted by molar-refractivity contribution is 7.98. The number of hydrogen-bond acceptors (Lipinski definition) is 6. The number of aromatic hydroxyl groups is 1. The summed E-state index contributed by atoms with van der Waals surface area (Å²) in [5.41, 5.74) is 2.17. The van der Waals surface area contributed by atoms with Crippen molar-refractivity contribution in [1.29, 1.82) is 0 Å². The lowest BCUT2D eigenvalue weighted by atomic mass is 10.1. The first-order valence-corrected chi connectivity index (χ1v) is 9.45. The molecule has 0 saturated heterocycles. The minimum atomic E-state index is -0.236. The van der Waals surface area contributed by atoms with Gasteiger partial charge < -0.3 is 19.0 Å². The molecule has 0 saturated carbocycles. The molecule has 1 aromatic heterocycles. The van der Waals surface area contributed by atoms with E-state index >= 15 is 0 Å². The summed E-state index contributed by atoms with van der Waals surface area (Å²) in [6.45, 7) is 1.87. The van der Waals surface area contributed by atoms with E-state index in [0.717, 1.165) is 15.8 Å². The van der Waals surface area contributed by atoms with Crippen LogP contribution in [0.15, 0.2) is 45.7 Å². The van der Waals surface area contributed by atoms with Crippen LogP contribution in [0.25, 0.3) is 17.0 Å². The van der Waals surface area contributed by atoms with E-state index in [4.69, 9.17) is 13.9 Å². The van der Waals surface area contributed by atoms with Crippen molar-refractivity contribution in [3.8, 4) is 17.2 Å². The summed E-state index contributed by atoms with van der Waals surface area (Å²) in [6.07, 6.45) is 5.06. The Morgan fingerprint density at radius 3 is 2.41 bits per heavy atom. The van der Waals surface area contributed by atoms with Gasteiger partial charge in [-0.3, -0.25) is 4.79 Å². The van der Waals surface area contributed by atoms with Crippen LogP contribution in [-0.4, -0.2) is 31.4 Å². The third kappa shape index (κ3) is 3.66. The molecule has 1 N–H and O–H groups in total. The molecule has 0 spiro atoms. The number of carbonyl (C=O) groups excluding carboxylic acids is 1. The topological polar surface area (TPSA) is 68.9 Å². The molecule has 2 aromatic carbocycles. The fraction of sp³-hybridized carbons (Fsp3) is 0.190. The van der Waals surface area contributed by atoms with E-state index in [-0.39, 0.29) is 23.0 Å². The molecule has 3 rings (SSSR count). The number of furan rings is 1. The molecule has 1 heterocycles. The van der Waals surface area contributed by atoms with Crippen LogP contribution in [0, 0.1) is 6.92 Å². The normalized spacial score (nSPS) is 11.3. The minimum absolute atomic E-state index is 0.0822. The highest BCUT2D eigenvalue weighted by atomic mass is 32.2. The number of hydrogen-bond donors (Lipinski definition) is 1. The number of aryl methyl sites for hydroxylation is 1. The maximum Gasteiger partial charge on any atom is 0.221 e. The zero-order valence-corrected chi connectivity index (χ0v) is 16.3. The van der Waals surface area contributed by atoms with Crippen molar-refractivity contribution < 1.29 is 23.8 Å².